The highest BCUT2D eigenvalue weighted by atomic mass is 16.6. The molecule has 0 spiro atoms. The summed E-state index contributed by atoms with van der Waals surface area (Å²) >= 11 is 0. The van der Waals surface area contributed by atoms with Gasteiger partial charge in [-0.05, 0) is 30.2 Å². The van der Waals surface area contributed by atoms with Crippen LogP contribution in [-0.4, -0.2) is 39.3 Å². The average molecular weight is 268 g/mol. The zero-order chi connectivity index (χ0) is 14.3. The maximum atomic E-state index is 11.3. The minimum Gasteiger partial charge on any atom is -0.504 e. The lowest BCUT2D eigenvalue weighted by Crippen LogP contribution is -2.16. The summed E-state index contributed by atoms with van der Waals surface area (Å²) in [4.78, 5) is 11.3. The highest BCUT2D eigenvalue weighted by molar-refractivity contribution is 5.87. The van der Waals surface area contributed by atoms with E-state index in [9.17, 15) is 15.0 Å². The Morgan fingerprint density at radius 2 is 2.05 bits per heavy atom. The van der Waals surface area contributed by atoms with Crippen LogP contribution in [0.3, 0.4) is 0 Å². The summed E-state index contributed by atoms with van der Waals surface area (Å²) in [7, 11) is 0. The number of aliphatic hydroxyl groups is 2. The maximum absolute atomic E-state index is 11.3. The second-order valence-corrected chi connectivity index (χ2v) is 3.84. The van der Waals surface area contributed by atoms with Crippen LogP contribution >= 0.6 is 0 Å². The Kier molecular flexibility index (Phi) is 5.84. The van der Waals surface area contributed by atoms with Crippen LogP contribution in [0.2, 0.25) is 0 Å². The monoisotopic (exact) mass is 268 g/mol. The number of phenols is 2. The predicted molar refractivity (Wildman–Crippen MR) is 67.2 cm³/mol. The number of aromatic hydroxyl groups is 2. The number of phenolic OH excluding ortho intramolecular Hbond substituents is 2. The molecule has 0 aliphatic rings. The molecule has 1 aromatic carbocycles. The van der Waals surface area contributed by atoms with Crippen LogP contribution in [0.15, 0.2) is 24.3 Å². The number of ether oxygens (including phenoxy) is 1. The van der Waals surface area contributed by atoms with E-state index in [4.69, 9.17) is 10.2 Å². The number of hydrogen-bond donors (Lipinski definition) is 4. The van der Waals surface area contributed by atoms with Crippen molar-refractivity contribution in [2.24, 2.45) is 0 Å². The molecule has 104 valence electrons. The fraction of sp³-hybridized carbons (Fsp3) is 0.308. The van der Waals surface area contributed by atoms with E-state index in [1.807, 2.05) is 0 Å². The van der Waals surface area contributed by atoms with Gasteiger partial charge in [-0.3, -0.25) is 0 Å². The van der Waals surface area contributed by atoms with Gasteiger partial charge in [0.25, 0.3) is 0 Å². The van der Waals surface area contributed by atoms with Crippen molar-refractivity contribution in [1.29, 1.82) is 0 Å². The fourth-order valence-corrected chi connectivity index (χ4v) is 1.31. The van der Waals surface area contributed by atoms with E-state index in [1.54, 1.807) is 0 Å². The molecular weight excluding hydrogens is 252 g/mol. The first-order chi connectivity index (χ1) is 9.02. The van der Waals surface area contributed by atoms with Gasteiger partial charge >= 0.3 is 5.97 Å². The highest BCUT2D eigenvalue weighted by Gasteiger charge is 2.07. The Bertz CT molecular complexity index is 454. The molecule has 1 aromatic rings. The van der Waals surface area contributed by atoms with Gasteiger partial charge in [-0.15, -0.1) is 0 Å². The fourth-order valence-electron chi connectivity index (χ4n) is 1.31. The van der Waals surface area contributed by atoms with Crippen LogP contribution in [0.5, 0.6) is 11.5 Å². The molecule has 0 saturated heterocycles. The highest BCUT2D eigenvalue weighted by Crippen LogP contribution is 2.25. The second-order valence-electron chi connectivity index (χ2n) is 3.84. The minimum atomic E-state index is -1.25. The van der Waals surface area contributed by atoms with Crippen LogP contribution in [0.4, 0.5) is 0 Å². The van der Waals surface area contributed by atoms with Gasteiger partial charge in [-0.25, -0.2) is 4.79 Å². The van der Waals surface area contributed by atoms with Gasteiger partial charge < -0.3 is 25.2 Å². The van der Waals surface area contributed by atoms with Gasteiger partial charge in [0, 0.05) is 19.1 Å². The summed E-state index contributed by atoms with van der Waals surface area (Å²) in [5, 5.41) is 36.2. The van der Waals surface area contributed by atoms with Crippen molar-refractivity contribution < 1.29 is 30.0 Å². The number of hydrogen-bond acceptors (Lipinski definition) is 6. The van der Waals surface area contributed by atoms with Crippen molar-refractivity contribution in [1.82, 2.24) is 0 Å². The summed E-state index contributed by atoms with van der Waals surface area (Å²) < 4.78 is 4.63. The molecule has 0 radical (unpaired) electrons. The van der Waals surface area contributed by atoms with Gasteiger partial charge in [0.05, 0.1) is 0 Å². The van der Waals surface area contributed by atoms with Crippen molar-refractivity contribution in [2.45, 2.75) is 19.1 Å². The molecule has 19 heavy (non-hydrogen) atoms. The summed E-state index contributed by atoms with van der Waals surface area (Å²) in [6.07, 6.45) is 1.71. The third-order valence-corrected chi connectivity index (χ3v) is 2.27. The topological polar surface area (TPSA) is 107 Å². The zero-order valence-corrected chi connectivity index (χ0v) is 10.2. The van der Waals surface area contributed by atoms with E-state index in [1.165, 1.54) is 24.3 Å². The lowest BCUT2D eigenvalue weighted by molar-refractivity contribution is -0.162. The van der Waals surface area contributed by atoms with Gasteiger partial charge in [-0.1, -0.05) is 6.07 Å². The smallest absolute Gasteiger partial charge is 0.333 e. The molecule has 0 aromatic heterocycles. The van der Waals surface area contributed by atoms with Crippen LogP contribution in [0.25, 0.3) is 6.08 Å². The van der Waals surface area contributed by atoms with E-state index in [-0.39, 0.29) is 24.5 Å². The Hall–Kier alpha value is -2.05. The van der Waals surface area contributed by atoms with Crippen LogP contribution < -0.4 is 0 Å². The Labute approximate surface area is 110 Å². The predicted octanol–water partition coefficient (Wildman–Crippen LogP) is 0.745. The molecule has 0 heterocycles. The standard InChI is InChI=1S/C13H16O6/c14-7-1-2-12(17)19-13(18)6-4-9-3-5-10(15)11(16)8-9/h3-6,8,12,14-17H,1-2,7H2/b6-4+. The first-order valence-electron chi connectivity index (χ1n) is 5.72. The van der Waals surface area contributed by atoms with E-state index in [0.717, 1.165) is 6.08 Å². The minimum absolute atomic E-state index is 0.0861. The van der Waals surface area contributed by atoms with E-state index >= 15 is 0 Å². The molecule has 0 aliphatic carbocycles. The second kappa shape index (κ2) is 7.40. The molecule has 0 saturated carbocycles. The lowest BCUT2D eigenvalue weighted by atomic mass is 10.2. The molecule has 0 aliphatic heterocycles. The van der Waals surface area contributed by atoms with Crippen molar-refractivity contribution in [3.63, 3.8) is 0 Å². The average Bonchev–Trinajstić information content (AvgIpc) is 2.38. The maximum Gasteiger partial charge on any atom is 0.333 e. The molecule has 1 atom stereocenters. The Morgan fingerprint density at radius 3 is 2.68 bits per heavy atom. The van der Waals surface area contributed by atoms with Gasteiger partial charge in [0.1, 0.15) is 0 Å². The van der Waals surface area contributed by atoms with Gasteiger partial charge in [0.15, 0.2) is 11.5 Å². The summed E-state index contributed by atoms with van der Waals surface area (Å²) in [5.41, 5.74) is 0.497. The molecular formula is C13H16O6. The van der Waals surface area contributed by atoms with E-state index in [0.29, 0.717) is 12.0 Å². The molecule has 0 bridgehead atoms. The first kappa shape index (κ1) is 15.0. The SMILES string of the molecule is O=C(/C=C/c1ccc(O)c(O)c1)OC(O)CCCO. The molecule has 4 N–H and O–H groups in total. The molecule has 6 nitrogen and oxygen atoms in total. The van der Waals surface area contributed by atoms with E-state index < -0.39 is 12.3 Å². The number of carbonyl (C=O) groups is 1. The van der Waals surface area contributed by atoms with Crippen molar-refractivity contribution in [3.05, 3.63) is 29.8 Å². The number of aliphatic hydroxyl groups excluding tert-OH is 2. The number of benzene rings is 1. The quantitative estimate of drug-likeness (QED) is 0.262. The zero-order valence-electron chi connectivity index (χ0n) is 10.2. The summed E-state index contributed by atoms with van der Waals surface area (Å²) in [6, 6.07) is 4.07. The summed E-state index contributed by atoms with van der Waals surface area (Å²) in [6.45, 7) is -0.0861. The number of rotatable bonds is 6. The van der Waals surface area contributed by atoms with Crippen LogP contribution in [-0.2, 0) is 9.53 Å². The third-order valence-electron chi connectivity index (χ3n) is 2.27. The van der Waals surface area contributed by atoms with Crippen molar-refractivity contribution in [3.8, 4) is 11.5 Å². The molecule has 0 fully saturated rings. The van der Waals surface area contributed by atoms with Crippen LogP contribution in [0.1, 0.15) is 18.4 Å². The van der Waals surface area contributed by atoms with E-state index in [2.05, 4.69) is 4.74 Å². The Morgan fingerprint density at radius 1 is 1.32 bits per heavy atom. The largest absolute Gasteiger partial charge is 0.504 e. The number of carbonyl (C=O) groups excluding carboxylic acids is 1. The molecule has 1 rings (SSSR count). The number of esters is 1. The van der Waals surface area contributed by atoms with Gasteiger partial charge in [-0.2, -0.15) is 0 Å². The lowest BCUT2D eigenvalue weighted by Gasteiger charge is -2.09. The Balaban J connectivity index is 2.51. The third kappa shape index (κ3) is 5.41. The molecule has 6 heteroatoms. The van der Waals surface area contributed by atoms with Crippen molar-refractivity contribution >= 4 is 12.0 Å². The first-order valence-corrected chi connectivity index (χ1v) is 5.72. The molecule has 0 amide bonds. The van der Waals surface area contributed by atoms with Crippen LogP contribution in [0, 0.1) is 0 Å². The summed E-state index contributed by atoms with van der Waals surface area (Å²) in [5.74, 6) is -1.28. The molecule has 1 unspecified atom stereocenters. The van der Waals surface area contributed by atoms with Gasteiger partial charge in [0.2, 0.25) is 6.29 Å². The van der Waals surface area contributed by atoms with Crippen molar-refractivity contribution in [2.75, 3.05) is 6.61 Å². The normalized spacial score (nSPS) is 12.5.